The lowest BCUT2D eigenvalue weighted by Gasteiger charge is -2.17. The lowest BCUT2D eigenvalue weighted by Crippen LogP contribution is -2.27. The van der Waals surface area contributed by atoms with Crippen LogP contribution in [-0.2, 0) is 22.7 Å². The number of ether oxygens (including phenoxy) is 1. The zero-order valence-corrected chi connectivity index (χ0v) is 14.5. The third-order valence-electron chi connectivity index (χ3n) is 3.91. The number of carbonyl (C=O) groups excluding carboxylic acids is 1. The number of nitrogens with zero attached hydrogens (tertiary/aromatic N) is 4. The first-order valence-corrected chi connectivity index (χ1v) is 8.44. The fourth-order valence-corrected chi connectivity index (χ4v) is 3.64. The third kappa shape index (κ3) is 3.69. The van der Waals surface area contributed by atoms with Gasteiger partial charge < -0.3 is 9.64 Å². The Labute approximate surface area is 145 Å². The molecule has 0 aromatic carbocycles. The van der Waals surface area contributed by atoms with Crippen LogP contribution < -0.4 is 0 Å². The van der Waals surface area contributed by atoms with Crippen LogP contribution in [0.5, 0.6) is 0 Å². The van der Waals surface area contributed by atoms with Gasteiger partial charge in [0.15, 0.2) is 6.17 Å². The largest absolute Gasteiger partial charge is 0.377 e. The van der Waals surface area contributed by atoms with Gasteiger partial charge in [-0.3, -0.25) is 4.79 Å². The molecule has 3 rings (SSSR count). The maximum absolute atomic E-state index is 13.2. The highest BCUT2D eigenvalue weighted by Crippen LogP contribution is 2.24. The van der Waals surface area contributed by atoms with Crippen LogP contribution >= 0.6 is 11.3 Å². The molecule has 1 atom stereocenters. The van der Waals surface area contributed by atoms with Crippen LogP contribution in [0, 0.1) is 6.92 Å². The molecule has 0 aliphatic carbocycles. The molecule has 0 saturated carbocycles. The van der Waals surface area contributed by atoms with E-state index < -0.39 is 19.0 Å². The number of alkyl halides is 3. The van der Waals surface area contributed by atoms with Crippen molar-refractivity contribution in [2.75, 3.05) is 13.7 Å². The van der Waals surface area contributed by atoms with Crippen LogP contribution in [0.4, 0.5) is 13.2 Å². The molecule has 136 valence electrons. The Morgan fingerprint density at radius 3 is 2.84 bits per heavy atom. The summed E-state index contributed by atoms with van der Waals surface area (Å²) < 4.78 is 44.6. The van der Waals surface area contributed by atoms with E-state index in [2.05, 4.69) is 10.1 Å². The summed E-state index contributed by atoms with van der Waals surface area (Å²) >= 11 is 1.39. The van der Waals surface area contributed by atoms with Gasteiger partial charge in [0, 0.05) is 26.2 Å². The van der Waals surface area contributed by atoms with E-state index in [1.54, 1.807) is 11.6 Å². The minimum Gasteiger partial charge on any atom is -0.377 e. The predicted octanol–water partition coefficient (Wildman–Crippen LogP) is 2.51. The number of amides is 1. The Kier molecular flexibility index (Phi) is 5.09. The van der Waals surface area contributed by atoms with E-state index in [1.807, 2.05) is 6.92 Å². The maximum atomic E-state index is 13.2. The third-order valence-corrected chi connectivity index (χ3v) is 4.79. The number of carbonyl (C=O) groups is 1. The molecule has 1 amide bonds. The second-order valence-electron chi connectivity index (χ2n) is 5.82. The van der Waals surface area contributed by atoms with E-state index in [4.69, 9.17) is 4.74 Å². The highest BCUT2D eigenvalue weighted by atomic mass is 32.1. The summed E-state index contributed by atoms with van der Waals surface area (Å²) in [5.41, 5.74) is 1.84. The van der Waals surface area contributed by atoms with Gasteiger partial charge in [0.25, 0.3) is 6.43 Å². The summed E-state index contributed by atoms with van der Waals surface area (Å²) in [5, 5.41) is 5.17. The number of aryl methyl sites for hydroxylation is 1. The average Bonchev–Trinajstić information content (AvgIpc) is 3.15. The van der Waals surface area contributed by atoms with Crippen molar-refractivity contribution in [2.45, 2.75) is 39.1 Å². The molecule has 0 radical (unpaired) electrons. The first-order chi connectivity index (χ1) is 11.9. The minimum absolute atomic E-state index is 0.133. The Balaban J connectivity index is 1.74. The average molecular weight is 374 g/mol. The number of aromatic nitrogens is 3. The highest BCUT2D eigenvalue weighted by molar-refractivity contribution is 7.16. The van der Waals surface area contributed by atoms with Gasteiger partial charge in [-0.2, -0.15) is 5.10 Å². The quantitative estimate of drug-likeness (QED) is 0.747. The van der Waals surface area contributed by atoms with Crippen molar-refractivity contribution in [2.24, 2.45) is 0 Å². The standard InChI is InChI=1S/C15H17F3N4O2S/c1-8-11(22-15(19-8)25-12(20-22)7-24-2)6-21-5-9(4-13(21)23)3-10(16)14(17)18/h4,10,14H,3,5-7H2,1-2H3. The summed E-state index contributed by atoms with van der Waals surface area (Å²) in [7, 11) is 1.57. The summed E-state index contributed by atoms with van der Waals surface area (Å²) in [5.74, 6) is -0.321. The molecule has 1 aliphatic heterocycles. The number of halogens is 3. The Hall–Kier alpha value is -1.94. The molecular formula is C15H17F3N4O2S. The molecule has 6 nitrogen and oxygen atoms in total. The first-order valence-electron chi connectivity index (χ1n) is 7.62. The normalized spacial score (nSPS) is 16.3. The molecule has 0 fully saturated rings. The zero-order valence-electron chi connectivity index (χ0n) is 13.7. The molecular weight excluding hydrogens is 357 g/mol. The Morgan fingerprint density at radius 2 is 2.16 bits per heavy atom. The van der Waals surface area contributed by atoms with Crippen molar-refractivity contribution in [1.82, 2.24) is 19.5 Å². The zero-order chi connectivity index (χ0) is 18.1. The predicted molar refractivity (Wildman–Crippen MR) is 85.3 cm³/mol. The lowest BCUT2D eigenvalue weighted by atomic mass is 10.1. The molecule has 2 aromatic rings. The van der Waals surface area contributed by atoms with Gasteiger partial charge in [-0.05, 0) is 12.5 Å². The van der Waals surface area contributed by atoms with Crippen LogP contribution in [0.1, 0.15) is 22.8 Å². The molecule has 1 aliphatic rings. The van der Waals surface area contributed by atoms with Crippen molar-refractivity contribution >= 4 is 22.2 Å². The Morgan fingerprint density at radius 1 is 1.40 bits per heavy atom. The summed E-state index contributed by atoms with van der Waals surface area (Å²) in [6.07, 6.45) is -4.50. The van der Waals surface area contributed by atoms with Crippen LogP contribution in [-0.4, -0.2) is 51.7 Å². The Bertz CT molecular complexity index is 817. The molecule has 0 bridgehead atoms. The van der Waals surface area contributed by atoms with E-state index in [9.17, 15) is 18.0 Å². The summed E-state index contributed by atoms with van der Waals surface area (Å²) in [6, 6.07) is 0. The number of hydrogen-bond acceptors (Lipinski definition) is 5. The van der Waals surface area contributed by atoms with Gasteiger partial charge in [-0.1, -0.05) is 11.3 Å². The van der Waals surface area contributed by atoms with Gasteiger partial charge in [-0.15, -0.1) is 0 Å². The fraction of sp³-hybridized carbons (Fsp3) is 0.533. The van der Waals surface area contributed by atoms with E-state index >= 15 is 0 Å². The molecule has 0 saturated heterocycles. The van der Waals surface area contributed by atoms with Gasteiger partial charge >= 0.3 is 0 Å². The fourth-order valence-electron chi connectivity index (χ4n) is 2.71. The molecule has 1 unspecified atom stereocenters. The molecule has 2 aromatic heterocycles. The lowest BCUT2D eigenvalue weighted by molar-refractivity contribution is -0.125. The topological polar surface area (TPSA) is 59.7 Å². The van der Waals surface area contributed by atoms with E-state index in [0.29, 0.717) is 17.1 Å². The van der Waals surface area contributed by atoms with Gasteiger partial charge in [0.05, 0.1) is 24.5 Å². The second kappa shape index (κ2) is 7.12. The van der Waals surface area contributed by atoms with Crippen LogP contribution in [0.25, 0.3) is 4.96 Å². The molecule has 0 spiro atoms. The molecule has 25 heavy (non-hydrogen) atoms. The van der Waals surface area contributed by atoms with Gasteiger partial charge in [-0.25, -0.2) is 22.7 Å². The smallest absolute Gasteiger partial charge is 0.269 e. The number of fused-ring (bicyclic) bond motifs is 1. The molecule has 0 N–H and O–H groups in total. The van der Waals surface area contributed by atoms with Crippen molar-refractivity contribution in [1.29, 1.82) is 0 Å². The minimum atomic E-state index is -3.05. The van der Waals surface area contributed by atoms with Crippen LogP contribution in [0.15, 0.2) is 11.6 Å². The number of hydrogen-bond donors (Lipinski definition) is 0. The SMILES string of the molecule is COCc1nn2c(CN3CC(CC(F)C(F)F)=CC3=O)c(C)nc2s1. The second-order valence-corrected chi connectivity index (χ2v) is 6.86. The van der Waals surface area contributed by atoms with Gasteiger partial charge in [0.2, 0.25) is 10.9 Å². The van der Waals surface area contributed by atoms with E-state index in [0.717, 1.165) is 16.4 Å². The van der Waals surface area contributed by atoms with E-state index in [1.165, 1.54) is 22.3 Å². The van der Waals surface area contributed by atoms with Crippen molar-refractivity contribution in [3.8, 4) is 0 Å². The summed E-state index contributed by atoms with van der Waals surface area (Å²) in [6.45, 7) is 2.55. The monoisotopic (exact) mass is 374 g/mol. The van der Waals surface area contributed by atoms with Crippen LogP contribution in [0.3, 0.4) is 0 Å². The molecule has 3 heterocycles. The number of rotatable bonds is 7. The maximum Gasteiger partial charge on any atom is 0.269 e. The van der Waals surface area contributed by atoms with Crippen molar-refractivity contribution in [3.05, 3.63) is 28.0 Å². The number of imidazole rings is 1. The number of methoxy groups -OCH3 is 1. The highest BCUT2D eigenvalue weighted by Gasteiger charge is 2.28. The molecule has 10 heteroatoms. The van der Waals surface area contributed by atoms with Crippen molar-refractivity contribution in [3.63, 3.8) is 0 Å². The van der Waals surface area contributed by atoms with E-state index in [-0.39, 0.29) is 19.0 Å². The summed E-state index contributed by atoms with van der Waals surface area (Å²) in [4.78, 5) is 18.7. The van der Waals surface area contributed by atoms with Crippen LogP contribution in [0.2, 0.25) is 0 Å². The van der Waals surface area contributed by atoms with Gasteiger partial charge in [0.1, 0.15) is 5.01 Å². The first kappa shape index (κ1) is 17.9. The van der Waals surface area contributed by atoms with Crippen molar-refractivity contribution < 1.29 is 22.7 Å².